The number of alkyl carbamates (subject to hydrolysis) is 1. The first-order valence-electron chi connectivity index (χ1n) is 8.63. The average Bonchev–Trinajstić information content (AvgIpc) is 2.72. The number of benzene rings is 2. The molecule has 2 rings (SSSR count). The highest BCUT2D eigenvalue weighted by molar-refractivity contribution is 5.80. The standard InChI is InChI=1S/C20H23NO7/c1-27-16-8-7-14(11-22)17(19(16)25)18(24)15(23)9-10-21-20(26)28-12-13-5-3-2-4-6-13/h2-8,11,15,18,23-25H,9-10,12H2,1H3,(H,21,26). The van der Waals surface area contributed by atoms with E-state index in [0.29, 0.717) is 6.29 Å². The number of amides is 1. The first-order chi connectivity index (χ1) is 13.5. The number of methoxy groups -OCH3 is 1. The Morgan fingerprint density at radius 2 is 1.89 bits per heavy atom. The highest BCUT2D eigenvalue weighted by atomic mass is 16.5. The molecule has 0 saturated carbocycles. The van der Waals surface area contributed by atoms with Crippen LogP contribution in [-0.2, 0) is 11.3 Å². The molecule has 1 amide bonds. The molecule has 0 bridgehead atoms. The van der Waals surface area contributed by atoms with E-state index in [4.69, 9.17) is 9.47 Å². The van der Waals surface area contributed by atoms with Crippen LogP contribution in [0.2, 0.25) is 0 Å². The Hall–Kier alpha value is -3.10. The normalized spacial score (nSPS) is 12.7. The van der Waals surface area contributed by atoms with Gasteiger partial charge >= 0.3 is 6.09 Å². The minimum Gasteiger partial charge on any atom is -0.504 e. The molecule has 0 saturated heterocycles. The molecule has 2 aromatic carbocycles. The van der Waals surface area contributed by atoms with Gasteiger partial charge in [0.05, 0.1) is 13.2 Å². The number of hydrogen-bond acceptors (Lipinski definition) is 7. The number of carbonyl (C=O) groups is 2. The summed E-state index contributed by atoms with van der Waals surface area (Å²) < 4.78 is 10.0. The molecule has 4 N–H and O–H groups in total. The highest BCUT2D eigenvalue weighted by Gasteiger charge is 2.26. The first-order valence-corrected chi connectivity index (χ1v) is 8.63. The van der Waals surface area contributed by atoms with Crippen LogP contribution in [0, 0.1) is 0 Å². The third-order valence-corrected chi connectivity index (χ3v) is 4.14. The van der Waals surface area contributed by atoms with Crippen LogP contribution in [0.15, 0.2) is 42.5 Å². The van der Waals surface area contributed by atoms with Gasteiger partial charge < -0.3 is 30.1 Å². The summed E-state index contributed by atoms with van der Waals surface area (Å²) in [5, 5.41) is 33.2. The zero-order valence-electron chi connectivity index (χ0n) is 15.4. The lowest BCUT2D eigenvalue weighted by molar-refractivity contribution is 0.0118. The molecule has 0 aromatic heterocycles. The second-order valence-electron chi connectivity index (χ2n) is 6.03. The van der Waals surface area contributed by atoms with Crippen molar-refractivity contribution < 1.29 is 34.4 Å². The van der Waals surface area contributed by atoms with Gasteiger partial charge in [-0.2, -0.15) is 0 Å². The van der Waals surface area contributed by atoms with Crippen LogP contribution in [-0.4, -0.2) is 47.5 Å². The third-order valence-electron chi connectivity index (χ3n) is 4.14. The topological polar surface area (TPSA) is 125 Å². The Bertz CT molecular complexity index is 795. The van der Waals surface area contributed by atoms with E-state index in [2.05, 4.69) is 5.32 Å². The summed E-state index contributed by atoms with van der Waals surface area (Å²) in [7, 11) is 1.33. The summed E-state index contributed by atoms with van der Waals surface area (Å²) in [4.78, 5) is 22.9. The molecule has 0 fully saturated rings. The number of carbonyl (C=O) groups excluding carboxylic acids is 2. The Morgan fingerprint density at radius 1 is 1.18 bits per heavy atom. The van der Waals surface area contributed by atoms with Gasteiger partial charge in [-0.05, 0) is 24.1 Å². The fourth-order valence-corrected chi connectivity index (χ4v) is 2.63. The van der Waals surface area contributed by atoms with Crippen molar-refractivity contribution in [1.29, 1.82) is 0 Å². The van der Waals surface area contributed by atoms with E-state index in [1.165, 1.54) is 19.2 Å². The number of hydrogen-bond donors (Lipinski definition) is 4. The zero-order chi connectivity index (χ0) is 20.5. The summed E-state index contributed by atoms with van der Waals surface area (Å²) in [5.74, 6) is -0.358. The van der Waals surface area contributed by atoms with Crippen LogP contribution >= 0.6 is 0 Å². The van der Waals surface area contributed by atoms with Gasteiger partial charge in [0, 0.05) is 17.7 Å². The molecule has 2 aromatic rings. The molecule has 0 spiro atoms. The largest absolute Gasteiger partial charge is 0.504 e. The van der Waals surface area contributed by atoms with E-state index in [1.807, 2.05) is 30.3 Å². The van der Waals surface area contributed by atoms with Crippen LogP contribution < -0.4 is 10.1 Å². The third kappa shape index (κ3) is 5.45. The monoisotopic (exact) mass is 389 g/mol. The quantitative estimate of drug-likeness (QED) is 0.483. The molecular weight excluding hydrogens is 366 g/mol. The lowest BCUT2D eigenvalue weighted by Crippen LogP contribution is -2.30. The van der Waals surface area contributed by atoms with Crippen LogP contribution in [0.3, 0.4) is 0 Å². The predicted molar refractivity (Wildman–Crippen MR) is 100 cm³/mol. The molecule has 0 aliphatic rings. The second-order valence-corrected chi connectivity index (χ2v) is 6.03. The smallest absolute Gasteiger partial charge is 0.407 e. The summed E-state index contributed by atoms with van der Waals surface area (Å²) >= 11 is 0. The molecule has 28 heavy (non-hydrogen) atoms. The molecule has 0 radical (unpaired) electrons. The molecule has 8 nitrogen and oxygen atoms in total. The van der Waals surface area contributed by atoms with E-state index in [9.17, 15) is 24.9 Å². The number of ether oxygens (including phenoxy) is 2. The molecule has 0 aliphatic heterocycles. The Balaban J connectivity index is 1.88. The van der Waals surface area contributed by atoms with Gasteiger partial charge in [-0.1, -0.05) is 30.3 Å². The first kappa shape index (κ1) is 21.2. The van der Waals surface area contributed by atoms with Gasteiger partial charge in [0.15, 0.2) is 17.8 Å². The van der Waals surface area contributed by atoms with Gasteiger partial charge in [-0.15, -0.1) is 0 Å². The summed E-state index contributed by atoms with van der Waals surface area (Å²) in [5.41, 5.74) is 0.733. The van der Waals surface area contributed by atoms with Crippen molar-refractivity contribution >= 4 is 12.4 Å². The van der Waals surface area contributed by atoms with Gasteiger partial charge in [0.25, 0.3) is 0 Å². The lowest BCUT2D eigenvalue weighted by Gasteiger charge is -2.21. The van der Waals surface area contributed by atoms with Crippen molar-refractivity contribution in [2.45, 2.75) is 25.2 Å². The average molecular weight is 389 g/mol. The molecule has 0 heterocycles. The maximum absolute atomic E-state index is 11.7. The van der Waals surface area contributed by atoms with Gasteiger partial charge in [0.2, 0.25) is 0 Å². The van der Waals surface area contributed by atoms with E-state index >= 15 is 0 Å². The maximum atomic E-state index is 11.7. The Kier molecular flexibility index (Phi) is 7.79. The van der Waals surface area contributed by atoms with Crippen molar-refractivity contribution in [2.75, 3.05) is 13.7 Å². The van der Waals surface area contributed by atoms with Gasteiger partial charge in [0.1, 0.15) is 12.7 Å². The van der Waals surface area contributed by atoms with Crippen molar-refractivity contribution in [3.8, 4) is 11.5 Å². The highest BCUT2D eigenvalue weighted by Crippen LogP contribution is 2.37. The number of rotatable bonds is 9. The SMILES string of the molecule is COc1ccc(C=O)c(C(O)C(O)CCNC(=O)OCc2ccccc2)c1O. The van der Waals surface area contributed by atoms with Crippen LogP contribution in [0.5, 0.6) is 11.5 Å². The molecule has 2 atom stereocenters. The van der Waals surface area contributed by atoms with Crippen molar-refractivity contribution in [1.82, 2.24) is 5.32 Å². The fraction of sp³-hybridized carbons (Fsp3) is 0.300. The summed E-state index contributed by atoms with van der Waals surface area (Å²) in [6.45, 7) is 0.130. The van der Waals surface area contributed by atoms with Gasteiger partial charge in [-0.25, -0.2) is 4.79 Å². The van der Waals surface area contributed by atoms with Crippen molar-refractivity contribution in [2.24, 2.45) is 0 Å². The summed E-state index contributed by atoms with van der Waals surface area (Å²) in [6, 6.07) is 11.9. The molecule has 0 aliphatic carbocycles. The zero-order valence-corrected chi connectivity index (χ0v) is 15.4. The van der Waals surface area contributed by atoms with Gasteiger partial charge in [-0.3, -0.25) is 4.79 Å². The summed E-state index contributed by atoms with van der Waals surface area (Å²) in [6.07, 6.45) is -3.12. The van der Waals surface area contributed by atoms with E-state index < -0.39 is 24.1 Å². The number of aliphatic hydroxyl groups is 2. The molecule has 2 unspecified atom stereocenters. The molecule has 150 valence electrons. The second kappa shape index (κ2) is 10.3. The number of phenolic OH excluding ortho intramolecular Hbond substituents is 1. The number of nitrogens with one attached hydrogen (secondary N) is 1. The molecule has 8 heteroatoms. The molecular formula is C20H23NO7. The Morgan fingerprint density at radius 3 is 2.54 bits per heavy atom. The predicted octanol–water partition coefficient (Wildman–Crippen LogP) is 1.92. The maximum Gasteiger partial charge on any atom is 0.407 e. The number of aldehydes is 1. The minimum absolute atomic E-state index is 0.0208. The lowest BCUT2D eigenvalue weighted by atomic mass is 9.96. The fourth-order valence-electron chi connectivity index (χ4n) is 2.63. The van der Waals surface area contributed by atoms with Crippen LogP contribution in [0.25, 0.3) is 0 Å². The van der Waals surface area contributed by atoms with Crippen molar-refractivity contribution in [3.05, 3.63) is 59.2 Å². The van der Waals surface area contributed by atoms with Crippen LogP contribution in [0.4, 0.5) is 4.79 Å². The Labute approximate surface area is 162 Å². The number of aromatic hydroxyl groups is 1. The number of phenols is 1. The number of aliphatic hydroxyl groups excluding tert-OH is 2. The minimum atomic E-state index is -1.54. The van der Waals surface area contributed by atoms with Crippen molar-refractivity contribution in [3.63, 3.8) is 0 Å². The van der Waals surface area contributed by atoms with Crippen LogP contribution in [0.1, 0.15) is 34.0 Å². The van der Waals surface area contributed by atoms with E-state index in [-0.39, 0.29) is 36.4 Å². The van der Waals surface area contributed by atoms with E-state index in [1.54, 1.807) is 0 Å². The van der Waals surface area contributed by atoms with E-state index in [0.717, 1.165) is 5.56 Å².